The number of ether oxygens (including phenoxy) is 1. The van der Waals surface area contributed by atoms with Crippen molar-refractivity contribution in [1.29, 1.82) is 0 Å². The Morgan fingerprint density at radius 1 is 1.26 bits per heavy atom. The van der Waals surface area contributed by atoms with Crippen molar-refractivity contribution in [2.75, 3.05) is 0 Å². The van der Waals surface area contributed by atoms with Crippen LogP contribution < -0.4 is 10.5 Å². The van der Waals surface area contributed by atoms with Gasteiger partial charge in [-0.2, -0.15) is 0 Å². The van der Waals surface area contributed by atoms with E-state index in [1.165, 1.54) is 0 Å². The number of benzene rings is 1. The first-order valence-corrected chi connectivity index (χ1v) is 6.41. The highest BCUT2D eigenvalue weighted by atomic mass is 16.5. The van der Waals surface area contributed by atoms with Crippen LogP contribution in [-0.4, -0.2) is 11.9 Å². The summed E-state index contributed by atoms with van der Waals surface area (Å²) in [5, 5.41) is 0. The summed E-state index contributed by atoms with van der Waals surface area (Å²) in [6, 6.07) is 3.83. The fourth-order valence-corrected chi connectivity index (χ4v) is 1.84. The van der Waals surface area contributed by atoms with Crippen LogP contribution in [0.15, 0.2) is 12.1 Å². The largest absolute Gasteiger partial charge is 0.426 e. The lowest BCUT2D eigenvalue weighted by molar-refractivity contribution is -0.137. The van der Waals surface area contributed by atoms with Crippen LogP contribution in [0, 0.1) is 19.8 Å². The lowest BCUT2D eigenvalue weighted by Gasteiger charge is -2.14. The number of rotatable bonds is 5. The normalized spacial score (nSPS) is 10.6. The third-order valence-corrected chi connectivity index (χ3v) is 2.88. The van der Waals surface area contributed by atoms with Crippen molar-refractivity contribution < 1.29 is 14.3 Å². The van der Waals surface area contributed by atoms with Crippen LogP contribution >= 0.6 is 0 Å². The molecule has 0 saturated heterocycles. The molecule has 0 atom stereocenters. The fraction of sp³-hybridized carbons (Fsp3) is 0.467. The number of aryl methyl sites for hydroxylation is 2. The van der Waals surface area contributed by atoms with Crippen molar-refractivity contribution in [2.24, 2.45) is 11.7 Å². The highest BCUT2D eigenvalue weighted by Crippen LogP contribution is 2.26. The Morgan fingerprint density at radius 2 is 1.89 bits per heavy atom. The van der Waals surface area contributed by atoms with Crippen LogP contribution in [0.3, 0.4) is 0 Å². The molecule has 0 fully saturated rings. The molecule has 0 aromatic heterocycles. The monoisotopic (exact) mass is 263 g/mol. The molecule has 0 aliphatic carbocycles. The number of nitrogens with two attached hydrogens (primary N) is 1. The Kier molecular flexibility index (Phi) is 5.10. The Morgan fingerprint density at radius 3 is 2.42 bits per heavy atom. The molecule has 0 radical (unpaired) electrons. The van der Waals surface area contributed by atoms with Crippen molar-refractivity contribution in [3.63, 3.8) is 0 Å². The topological polar surface area (TPSA) is 69.4 Å². The van der Waals surface area contributed by atoms with E-state index in [2.05, 4.69) is 0 Å². The Hall–Kier alpha value is -1.84. The van der Waals surface area contributed by atoms with Crippen molar-refractivity contribution in [2.45, 2.75) is 40.5 Å². The second kappa shape index (κ2) is 6.36. The molecule has 0 bridgehead atoms. The second-order valence-corrected chi connectivity index (χ2v) is 5.10. The number of amides is 1. The van der Waals surface area contributed by atoms with Gasteiger partial charge in [0.1, 0.15) is 5.75 Å². The molecular weight excluding hydrogens is 242 g/mol. The molecule has 2 N–H and O–H groups in total. The van der Waals surface area contributed by atoms with Gasteiger partial charge in [0, 0.05) is 6.42 Å². The zero-order chi connectivity index (χ0) is 14.6. The molecule has 0 aliphatic heterocycles. The minimum absolute atomic E-state index is 0.190. The highest BCUT2D eigenvalue weighted by Gasteiger charge is 2.15. The van der Waals surface area contributed by atoms with E-state index in [0.717, 1.165) is 16.7 Å². The molecule has 0 unspecified atom stereocenters. The van der Waals surface area contributed by atoms with Crippen LogP contribution in [0.25, 0.3) is 0 Å². The first-order valence-electron chi connectivity index (χ1n) is 6.41. The highest BCUT2D eigenvalue weighted by molar-refractivity contribution is 5.76. The van der Waals surface area contributed by atoms with Gasteiger partial charge in [-0.25, -0.2) is 0 Å². The van der Waals surface area contributed by atoms with Crippen molar-refractivity contribution in [3.05, 3.63) is 28.8 Å². The van der Waals surface area contributed by atoms with Crippen molar-refractivity contribution in [1.82, 2.24) is 0 Å². The third kappa shape index (κ3) is 4.39. The fourth-order valence-electron chi connectivity index (χ4n) is 1.84. The van der Waals surface area contributed by atoms with Gasteiger partial charge in [0.05, 0.1) is 5.92 Å². The van der Waals surface area contributed by atoms with Crippen LogP contribution in [0.2, 0.25) is 0 Å². The summed E-state index contributed by atoms with van der Waals surface area (Å²) in [5.74, 6) is -0.284. The third-order valence-electron chi connectivity index (χ3n) is 2.88. The van der Waals surface area contributed by atoms with Gasteiger partial charge >= 0.3 is 5.97 Å². The van der Waals surface area contributed by atoms with Crippen LogP contribution in [-0.2, 0) is 16.0 Å². The number of hydrogen-bond donors (Lipinski definition) is 1. The molecule has 4 heteroatoms. The van der Waals surface area contributed by atoms with Crippen LogP contribution in [0.4, 0.5) is 0 Å². The Balaban J connectivity index is 3.05. The van der Waals surface area contributed by atoms with E-state index in [9.17, 15) is 9.59 Å². The summed E-state index contributed by atoms with van der Waals surface area (Å²) in [6.45, 7) is 7.45. The zero-order valence-electron chi connectivity index (χ0n) is 11.9. The first-order chi connectivity index (χ1) is 8.81. The van der Waals surface area contributed by atoms with Gasteiger partial charge in [0.2, 0.25) is 5.91 Å². The van der Waals surface area contributed by atoms with Gasteiger partial charge in [-0.3, -0.25) is 9.59 Å². The molecule has 19 heavy (non-hydrogen) atoms. The number of hydrogen-bond acceptors (Lipinski definition) is 3. The Bertz CT molecular complexity index is 492. The Labute approximate surface area is 113 Å². The van der Waals surface area contributed by atoms with Gasteiger partial charge in [-0.05, 0) is 43.0 Å². The average Bonchev–Trinajstić information content (AvgIpc) is 2.26. The predicted octanol–water partition coefficient (Wildman–Crippen LogP) is 2.28. The number of primary amides is 1. The molecule has 104 valence electrons. The quantitative estimate of drug-likeness (QED) is 0.654. The minimum Gasteiger partial charge on any atom is -0.426 e. The van der Waals surface area contributed by atoms with Crippen molar-refractivity contribution in [3.8, 4) is 5.75 Å². The average molecular weight is 263 g/mol. The van der Waals surface area contributed by atoms with Gasteiger partial charge in [-0.1, -0.05) is 19.9 Å². The lowest BCUT2D eigenvalue weighted by atomic mass is 10.00. The molecular formula is C15H21NO3. The van der Waals surface area contributed by atoms with Gasteiger partial charge in [0.15, 0.2) is 0 Å². The SMILES string of the molecule is Cc1cc(C)c(CCC(N)=O)c(OC(=O)C(C)C)c1. The van der Waals surface area contributed by atoms with E-state index >= 15 is 0 Å². The molecule has 0 aliphatic rings. The van der Waals surface area contributed by atoms with E-state index in [1.54, 1.807) is 13.8 Å². The smallest absolute Gasteiger partial charge is 0.313 e. The summed E-state index contributed by atoms with van der Waals surface area (Å²) in [7, 11) is 0. The molecule has 0 spiro atoms. The maximum Gasteiger partial charge on any atom is 0.313 e. The molecule has 1 aromatic rings. The van der Waals surface area contributed by atoms with Crippen LogP contribution in [0.5, 0.6) is 5.75 Å². The van der Waals surface area contributed by atoms with E-state index in [0.29, 0.717) is 12.2 Å². The summed E-state index contributed by atoms with van der Waals surface area (Å²) < 4.78 is 5.41. The molecule has 0 heterocycles. The van der Waals surface area contributed by atoms with Crippen LogP contribution in [0.1, 0.15) is 37.0 Å². The summed E-state index contributed by atoms with van der Waals surface area (Å²) >= 11 is 0. The van der Waals surface area contributed by atoms with E-state index in [4.69, 9.17) is 10.5 Å². The van der Waals surface area contributed by atoms with Gasteiger partial charge in [-0.15, -0.1) is 0 Å². The summed E-state index contributed by atoms with van der Waals surface area (Å²) in [4.78, 5) is 22.6. The minimum atomic E-state index is -0.360. The zero-order valence-corrected chi connectivity index (χ0v) is 11.9. The summed E-state index contributed by atoms with van der Waals surface area (Å²) in [6.07, 6.45) is 0.734. The number of carbonyl (C=O) groups is 2. The van der Waals surface area contributed by atoms with E-state index < -0.39 is 0 Å². The predicted molar refractivity (Wildman–Crippen MR) is 73.9 cm³/mol. The molecule has 4 nitrogen and oxygen atoms in total. The standard InChI is InChI=1S/C15H21NO3/c1-9(2)15(18)19-13-8-10(3)7-11(4)12(13)5-6-14(16)17/h7-9H,5-6H2,1-4H3,(H2,16,17). The molecule has 1 aromatic carbocycles. The summed E-state index contributed by atoms with van der Waals surface area (Å²) in [5.41, 5.74) is 8.07. The number of carbonyl (C=O) groups excluding carboxylic acids is 2. The van der Waals surface area contributed by atoms with E-state index in [1.807, 2.05) is 26.0 Å². The number of esters is 1. The molecule has 1 rings (SSSR count). The second-order valence-electron chi connectivity index (χ2n) is 5.10. The van der Waals surface area contributed by atoms with Gasteiger partial charge < -0.3 is 10.5 Å². The van der Waals surface area contributed by atoms with E-state index in [-0.39, 0.29) is 24.2 Å². The molecule has 1 amide bonds. The lowest BCUT2D eigenvalue weighted by Crippen LogP contribution is -2.17. The first kappa shape index (κ1) is 15.2. The van der Waals surface area contributed by atoms with Crippen molar-refractivity contribution >= 4 is 11.9 Å². The maximum atomic E-state index is 11.7. The maximum absolute atomic E-state index is 11.7. The van der Waals surface area contributed by atoms with Gasteiger partial charge in [0.25, 0.3) is 0 Å². The molecule has 0 saturated carbocycles.